The predicted octanol–water partition coefficient (Wildman–Crippen LogP) is 4.24. The molecule has 4 rings (SSSR count). The van der Waals surface area contributed by atoms with Crippen LogP contribution in [0, 0.1) is 0 Å². The number of esters is 1. The lowest BCUT2D eigenvalue weighted by Gasteiger charge is -2.14. The molecule has 1 N–H and O–H groups in total. The van der Waals surface area contributed by atoms with Gasteiger partial charge in [-0.2, -0.15) is 0 Å². The fourth-order valence-electron chi connectivity index (χ4n) is 3.70. The lowest BCUT2D eigenvalue weighted by atomic mass is 10.1. The SMILES string of the molecule is COC(=O)c1ccccc1NC(=O)CSc1nc2ccsc2c(=O)n1CCc1ccc(OC)c(OC)c1. The normalized spacial score (nSPS) is 10.8. The number of rotatable bonds is 10. The first-order chi connectivity index (χ1) is 17.9. The lowest BCUT2D eigenvalue weighted by molar-refractivity contribution is -0.113. The first-order valence-corrected chi connectivity index (χ1v) is 13.1. The minimum atomic E-state index is -0.544. The van der Waals surface area contributed by atoms with Crippen LogP contribution in [0.25, 0.3) is 10.2 Å². The second-order valence-corrected chi connectivity index (χ2v) is 9.66. The number of aryl methyl sites for hydroxylation is 1. The van der Waals surface area contributed by atoms with Crippen molar-refractivity contribution in [2.45, 2.75) is 18.1 Å². The van der Waals surface area contributed by atoms with E-state index in [-0.39, 0.29) is 22.8 Å². The Labute approximate surface area is 221 Å². The standard InChI is InChI=1S/C26H25N3O6S2/c1-33-20-9-8-16(14-21(20)34-2)10-12-29-24(31)23-19(11-13-36-23)28-26(29)37-15-22(30)27-18-7-5-4-6-17(18)25(32)35-3/h4-9,11,13-14H,10,12,15H2,1-3H3,(H,27,30). The Morgan fingerprint density at radius 2 is 1.84 bits per heavy atom. The van der Waals surface area contributed by atoms with Crippen LogP contribution >= 0.6 is 23.1 Å². The summed E-state index contributed by atoms with van der Waals surface area (Å²) in [7, 11) is 4.43. The number of benzene rings is 2. The Kier molecular flexibility index (Phi) is 8.47. The zero-order chi connectivity index (χ0) is 26.4. The molecule has 192 valence electrons. The maximum Gasteiger partial charge on any atom is 0.339 e. The first-order valence-electron chi connectivity index (χ1n) is 11.2. The van der Waals surface area contributed by atoms with Crippen LogP contribution in [0.3, 0.4) is 0 Å². The van der Waals surface area contributed by atoms with Crippen LogP contribution in [-0.2, 0) is 22.5 Å². The Balaban J connectivity index is 1.54. The van der Waals surface area contributed by atoms with Gasteiger partial charge >= 0.3 is 5.97 Å². The number of nitrogens with one attached hydrogen (secondary N) is 1. The molecule has 0 aliphatic carbocycles. The van der Waals surface area contributed by atoms with Crippen molar-refractivity contribution in [2.24, 2.45) is 0 Å². The maximum absolute atomic E-state index is 13.3. The van der Waals surface area contributed by atoms with Crippen LogP contribution in [0.1, 0.15) is 15.9 Å². The molecular formula is C26H25N3O6S2. The topological polar surface area (TPSA) is 109 Å². The van der Waals surface area contributed by atoms with Gasteiger partial charge in [-0.25, -0.2) is 9.78 Å². The molecule has 0 radical (unpaired) electrons. The summed E-state index contributed by atoms with van der Waals surface area (Å²) in [6, 6.07) is 14.0. The summed E-state index contributed by atoms with van der Waals surface area (Å²) in [6.45, 7) is 0.365. The summed E-state index contributed by atoms with van der Waals surface area (Å²) in [4.78, 5) is 42.7. The van der Waals surface area contributed by atoms with E-state index >= 15 is 0 Å². The fraction of sp³-hybridized carbons (Fsp3) is 0.231. The van der Waals surface area contributed by atoms with Crippen molar-refractivity contribution in [3.63, 3.8) is 0 Å². The summed E-state index contributed by atoms with van der Waals surface area (Å²) in [5, 5.41) is 5.00. The van der Waals surface area contributed by atoms with Crippen molar-refractivity contribution in [2.75, 3.05) is 32.4 Å². The van der Waals surface area contributed by atoms with Crippen LogP contribution in [0.15, 0.2) is 63.9 Å². The van der Waals surface area contributed by atoms with E-state index in [2.05, 4.69) is 10.3 Å². The Morgan fingerprint density at radius 1 is 1.05 bits per heavy atom. The molecule has 0 bridgehead atoms. The highest BCUT2D eigenvalue weighted by molar-refractivity contribution is 7.99. The fourth-order valence-corrected chi connectivity index (χ4v) is 5.31. The summed E-state index contributed by atoms with van der Waals surface area (Å²) in [6.07, 6.45) is 0.547. The van der Waals surface area contributed by atoms with Crippen molar-refractivity contribution in [3.8, 4) is 11.5 Å². The number of thiophene rings is 1. The number of nitrogens with zero attached hydrogens (tertiary/aromatic N) is 2. The van der Waals surface area contributed by atoms with Gasteiger partial charge in [-0.1, -0.05) is 30.0 Å². The molecular weight excluding hydrogens is 514 g/mol. The summed E-state index contributed by atoms with van der Waals surface area (Å²) < 4.78 is 17.6. The average Bonchev–Trinajstić information content (AvgIpc) is 3.40. The summed E-state index contributed by atoms with van der Waals surface area (Å²) in [5.74, 6) is 0.344. The van der Waals surface area contributed by atoms with Crippen molar-refractivity contribution >= 4 is 50.9 Å². The van der Waals surface area contributed by atoms with E-state index in [1.807, 2.05) is 23.6 Å². The molecule has 0 aliphatic heterocycles. The van der Waals surface area contributed by atoms with Crippen LogP contribution in [-0.4, -0.2) is 48.5 Å². The van der Waals surface area contributed by atoms with Crippen LogP contribution in [0.5, 0.6) is 11.5 Å². The van der Waals surface area contributed by atoms with Gasteiger partial charge in [0.25, 0.3) is 5.56 Å². The van der Waals surface area contributed by atoms with E-state index in [9.17, 15) is 14.4 Å². The van der Waals surface area contributed by atoms with E-state index in [1.165, 1.54) is 18.4 Å². The third kappa shape index (κ3) is 5.95. The zero-order valence-electron chi connectivity index (χ0n) is 20.5. The number of aromatic nitrogens is 2. The number of hydrogen-bond acceptors (Lipinski definition) is 9. The second-order valence-electron chi connectivity index (χ2n) is 7.80. The van der Waals surface area contributed by atoms with Gasteiger partial charge in [0, 0.05) is 6.54 Å². The first kappa shape index (κ1) is 26.2. The van der Waals surface area contributed by atoms with Crippen LogP contribution < -0.4 is 20.3 Å². The van der Waals surface area contributed by atoms with E-state index in [4.69, 9.17) is 14.2 Å². The van der Waals surface area contributed by atoms with E-state index in [0.717, 1.165) is 17.3 Å². The zero-order valence-corrected chi connectivity index (χ0v) is 22.1. The van der Waals surface area contributed by atoms with Crippen molar-refractivity contribution < 1.29 is 23.8 Å². The molecule has 9 nitrogen and oxygen atoms in total. The van der Waals surface area contributed by atoms with E-state index in [0.29, 0.717) is 45.5 Å². The number of thioether (sulfide) groups is 1. The molecule has 11 heteroatoms. The molecule has 2 aromatic heterocycles. The van der Waals surface area contributed by atoms with Crippen molar-refractivity contribution in [3.05, 3.63) is 75.4 Å². The highest BCUT2D eigenvalue weighted by atomic mass is 32.2. The average molecular weight is 540 g/mol. The van der Waals surface area contributed by atoms with Crippen LogP contribution in [0.4, 0.5) is 5.69 Å². The summed E-state index contributed by atoms with van der Waals surface area (Å²) >= 11 is 2.50. The van der Waals surface area contributed by atoms with Gasteiger partial charge in [-0.15, -0.1) is 11.3 Å². The Bertz CT molecular complexity index is 1500. The van der Waals surface area contributed by atoms with Crippen molar-refractivity contribution in [1.29, 1.82) is 0 Å². The van der Waals surface area contributed by atoms with Gasteiger partial charge in [0.15, 0.2) is 16.7 Å². The molecule has 2 aromatic carbocycles. The number of para-hydroxylation sites is 1. The number of carbonyl (C=O) groups excluding carboxylic acids is 2. The molecule has 2 heterocycles. The number of fused-ring (bicyclic) bond motifs is 1. The molecule has 37 heavy (non-hydrogen) atoms. The molecule has 0 saturated carbocycles. The molecule has 1 amide bonds. The molecule has 0 spiro atoms. The van der Waals surface area contributed by atoms with Gasteiger partial charge < -0.3 is 19.5 Å². The van der Waals surface area contributed by atoms with E-state index < -0.39 is 5.97 Å². The van der Waals surface area contributed by atoms with Crippen molar-refractivity contribution in [1.82, 2.24) is 9.55 Å². The Morgan fingerprint density at radius 3 is 2.59 bits per heavy atom. The van der Waals surface area contributed by atoms with Gasteiger partial charge in [-0.3, -0.25) is 14.2 Å². The minimum absolute atomic E-state index is 0.00600. The lowest BCUT2D eigenvalue weighted by Crippen LogP contribution is -2.24. The molecule has 0 atom stereocenters. The van der Waals surface area contributed by atoms with Gasteiger partial charge in [0.1, 0.15) is 4.70 Å². The third-order valence-electron chi connectivity index (χ3n) is 5.54. The number of anilines is 1. The maximum atomic E-state index is 13.3. The summed E-state index contributed by atoms with van der Waals surface area (Å²) in [5.41, 5.74) is 2.01. The van der Waals surface area contributed by atoms with Gasteiger partial charge in [0.05, 0.1) is 43.8 Å². The quantitative estimate of drug-likeness (QED) is 0.181. The molecule has 4 aromatic rings. The minimum Gasteiger partial charge on any atom is -0.493 e. The van der Waals surface area contributed by atoms with Gasteiger partial charge in [-0.05, 0) is 47.7 Å². The monoisotopic (exact) mass is 539 g/mol. The van der Waals surface area contributed by atoms with E-state index in [1.54, 1.807) is 49.1 Å². The molecule has 0 unspecified atom stereocenters. The smallest absolute Gasteiger partial charge is 0.339 e. The predicted molar refractivity (Wildman–Crippen MR) is 144 cm³/mol. The molecule has 0 fully saturated rings. The third-order valence-corrected chi connectivity index (χ3v) is 7.41. The number of amides is 1. The van der Waals surface area contributed by atoms with Gasteiger partial charge in [0.2, 0.25) is 5.91 Å². The van der Waals surface area contributed by atoms with Crippen LogP contribution in [0.2, 0.25) is 0 Å². The number of ether oxygens (including phenoxy) is 3. The number of methoxy groups -OCH3 is 3. The highest BCUT2D eigenvalue weighted by Crippen LogP contribution is 2.28. The second kappa shape index (κ2) is 11.9. The Hall–Kier alpha value is -3.83. The molecule has 0 saturated heterocycles. The highest BCUT2D eigenvalue weighted by Gasteiger charge is 2.17. The largest absolute Gasteiger partial charge is 0.493 e. The molecule has 0 aliphatic rings. The number of carbonyl (C=O) groups is 2. The number of hydrogen-bond donors (Lipinski definition) is 1.